The van der Waals surface area contributed by atoms with Crippen LogP contribution in [0.4, 0.5) is 0 Å². The van der Waals surface area contributed by atoms with Gasteiger partial charge >= 0.3 is 0 Å². The molecule has 0 saturated heterocycles. The minimum atomic E-state index is 0.206. The molecule has 0 aromatic carbocycles. The second-order valence-corrected chi connectivity index (χ2v) is 4.53. The van der Waals surface area contributed by atoms with E-state index in [1.807, 2.05) is 0 Å². The second-order valence-electron chi connectivity index (χ2n) is 4.53. The monoisotopic (exact) mass is 188 g/mol. The molecule has 0 amide bonds. The summed E-state index contributed by atoms with van der Waals surface area (Å²) in [6, 6.07) is 0.379. The topological polar surface area (TPSA) is 58.3 Å². The van der Waals surface area contributed by atoms with Crippen molar-refractivity contribution >= 4 is 0 Å². The standard InChI is InChI=1S/C10H24N2O/c1-10(2,3)9(5-8-13)12-7-4-6-11/h9,12-13H,4-8,11H2,1-3H3. The van der Waals surface area contributed by atoms with Crippen molar-refractivity contribution in [1.29, 1.82) is 0 Å². The Morgan fingerprint density at radius 2 is 2.00 bits per heavy atom. The molecule has 0 rings (SSSR count). The summed E-state index contributed by atoms with van der Waals surface area (Å²) in [5.74, 6) is 0. The zero-order valence-electron chi connectivity index (χ0n) is 9.14. The van der Waals surface area contributed by atoms with Crippen molar-refractivity contribution in [2.24, 2.45) is 11.1 Å². The molecule has 0 spiro atoms. The molecule has 0 aliphatic rings. The number of rotatable bonds is 6. The Bertz CT molecular complexity index is 121. The third-order valence-electron chi connectivity index (χ3n) is 2.23. The first-order valence-corrected chi connectivity index (χ1v) is 5.06. The van der Waals surface area contributed by atoms with E-state index in [1.54, 1.807) is 0 Å². The summed E-state index contributed by atoms with van der Waals surface area (Å²) < 4.78 is 0. The van der Waals surface area contributed by atoms with Gasteiger partial charge in [0.05, 0.1) is 0 Å². The lowest BCUT2D eigenvalue weighted by Gasteiger charge is -2.31. The van der Waals surface area contributed by atoms with E-state index in [1.165, 1.54) is 0 Å². The zero-order chi connectivity index (χ0) is 10.3. The first-order valence-electron chi connectivity index (χ1n) is 5.06. The molecule has 0 saturated carbocycles. The predicted octanol–water partition coefficient (Wildman–Crippen LogP) is 0.722. The molecule has 1 unspecified atom stereocenters. The van der Waals surface area contributed by atoms with E-state index in [-0.39, 0.29) is 12.0 Å². The first kappa shape index (κ1) is 12.9. The molecule has 0 bridgehead atoms. The zero-order valence-corrected chi connectivity index (χ0v) is 9.14. The van der Waals surface area contributed by atoms with Crippen molar-refractivity contribution in [2.75, 3.05) is 19.7 Å². The Kier molecular flexibility index (Phi) is 6.29. The molecule has 0 aromatic heterocycles. The van der Waals surface area contributed by atoms with E-state index >= 15 is 0 Å². The SMILES string of the molecule is CC(C)(C)C(CCO)NCCCN. The summed E-state index contributed by atoms with van der Waals surface area (Å²) in [5.41, 5.74) is 5.61. The summed E-state index contributed by atoms with van der Waals surface area (Å²) in [7, 11) is 0. The molecule has 80 valence electrons. The maximum Gasteiger partial charge on any atom is 0.0446 e. The number of nitrogens with two attached hydrogens (primary N) is 1. The molecule has 0 aliphatic carbocycles. The van der Waals surface area contributed by atoms with Gasteiger partial charge in [0.15, 0.2) is 0 Å². The number of nitrogens with one attached hydrogen (secondary N) is 1. The van der Waals surface area contributed by atoms with Crippen LogP contribution in [0, 0.1) is 5.41 Å². The molecule has 0 radical (unpaired) electrons. The first-order chi connectivity index (χ1) is 6.02. The normalized spacial score (nSPS) is 14.5. The van der Waals surface area contributed by atoms with Gasteiger partial charge in [-0.2, -0.15) is 0 Å². The fourth-order valence-corrected chi connectivity index (χ4v) is 1.35. The van der Waals surface area contributed by atoms with Crippen molar-refractivity contribution < 1.29 is 5.11 Å². The highest BCUT2D eigenvalue weighted by Crippen LogP contribution is 2.21. The number of aliphatic hydroxyl groups excluding tert-OH is 1. The van der Waals surface area contributed by atoms with Gasteiger partial charge in [-0.15, -0.1) is 0 Å². The van der Waals surface area contributed by atoms with Gasteiger partial charge in [-0.05, 0) is 31.3 Å². The van der Waals surface area contributed by atoms with Crippen LogP contribution in [0.3, 0.4) is 0 Å². The van der Waals surface area contributed by atoms with Crippen molar-refractivity contribution in [3.05, 3.63) is 0 Å². The third kappa shape index (κ3) is 6.02. The largest absolute Gasteiger partial charge is 0.396 e. The van der Waals surface area contributed by atoms with Crippen LogP contribution in [0.15, 0.2) is 0 Å². The molecule has 0 heterocycles. The highest BCUT2D eigenvalue weighted by Gasteiger charge is 2.22. The van der Waals surface area contributed by atoms with Crippen LogP contribution < -0.4 is 11.1 Å². The fourth-order valence-electron chi connectivity index (χ4n) is 1.35. The maximum atomic E-state index is 8.89. The average Bonchev–Trinajstić information content (AvgIpc) is 2.01. The van der Waals surface area contributed by atoms with E-state index in [4.69, 9.17) is 10.8 Å². The van der Waals surface area contributed by atoms with Crippen LogP contribution in [0.1, 0.15) is 33.6 Å². The van der Waals surface area contributed by atoms with Gasteiger partial charge in [-0.3, -0.25) is 0 Å². The van der Waals surface area contributed by atoms with E-state index in [2.05, 4.69) is 26.1 Å². The fraction of sp³-hybridized carbons (Fsp3) is 1.00. The van der Waals surface area contributed by atoms with Gasteiger partial charge in [0.25, 0.3) is 0 Å². The van der Waals surface area contributed by atoms with E-state index in [0.717, 1.165) is 25.9 Å². The Morgan fingerprint density at radius 1 is 1.38 bits per heavy atom. The smallest absolute Gasteiger partial charge is 0.0446 e. The van der Waals surface area contributed by atoms with Crippen molar-refractivity contribution in [3.63, 3.8) is 0 Å². The quantitative estimate of drug-likeness (QED) is 0.538. The van der Waals surface area contributed by atoms with Crippen LogP contribution in [-0.4, -0.2) is 30.8 Å². The van der Waals surface area contributed by atoms with E-state index in [9.17, 15) is 0 Å². The third-order valence-corrected chi connectivity index (χ3v) is 2.23. The van der Waals surface area contributed by atoms with Crippen LogP contribution in [-0.2, 0) is 0 Å². The molecular formula is C10H24N2O. The van der Waals surface area contributed by atoms with E-state index < -0.39 is 0 Å². The van der Waals surface area contributed by atoms with Crippen molar-refractivity contribution in [3.8, 4) is 0 Å². The molecule has 3 nitrogen and oxygen atoms in total. The highest BCUT2D eigenvalue weighted by molar-refractivity contribution is 4.79. The number of hydrogen-bond acceptors (Lipinski definition) is 3. The van der Waals surface area contributed by atoms with Crippen LogP contribution in [0.5, 0.6) is 0 Å². The predicted molar refractivity (Wildman–Crippen MR) is 56.6 cm³/mol. The molecule has 13 heavy (non-hydrogen) atoms. The average molecular weight is 188 g/mol. The van der Waals surface area contributed by atoms with Gasteiger partial charge in [0, 0.05) is 12.6 Å². The summed E-state index contributed by atoms with van der Waals surface area (Å²) in [4.78, 5) is 0. The Morgan fingerprint density at radius 3 is 2.38 bits per heavy atom. The van der Waals surface area contributed by atoms with Gasteiger partial charge in [0.2, 0.25) is 0 Å². The van der Waals surface area contributed by atoms with Gasteiger partial charge in [-0.25, -0.2) is 0 Å². The second kappa shape index (κ2) is 6.35. The Balaban J connectivity index is 3.81. The lowest BCUT2D eigenvalue weighted by Crippen LogP contribution is -2.41. The van der Waals surface area contributed by atoms with Gasteiger partial charge in [0.1, 0.15) is 0 Å². The minimum absolute atomic E-state index is 0.206. The summed E-state index contributed by atoms with van der Waals surface area (Å²) >= 11 is 0. The summed E-state index contributed by atoms with van der Waals surface area (Å²) in [6.07, 6.45) is 1.81. The molecule has 0 aromatic rings. The Hall–Kier alpha value is -0.120. The number of hydrogen-bond donors (Lipinski definition) is 3. The van der Waals surface area contributed by atoms with E-state index in [0.29, 0.717) is 6.04 Å². The highest BCUT2D eigenvalue weighted by atomic mass is 16.3. The molecular weight excluding hydrogens is 164 g/mol. The van der Waals surface area contributed by atoms with Crippen molar-refractivity contribution in [2.45, 2.75) is 39.7 Å². The van der Waals surface area contributed by atoms with Crippen LogP contribution in [0.2, 0.25) is 0 Å². The molecule has 0 aliphatic heterocycles. The molecule has 4 N–H and O–H groups in total. The van der Waals surface area contributed by atoms with Crippen LogP contribution >= 0.6 is 0 Å². The van der Waals surface area contributed by atoms with Gasteiger partial charge in [-0.1, -0.05) is 20.8 Å². The summed E-state index contributed by atoms with van der Waals surface area (Å²) in [6.45, 7) is 8.47. The lowest BCUT2D eigenvalue weighted by molar-refractivity contribution is 0.198. The lowest BCUT2D eigenvalue weighted by atomic mass is 9.85. The maximum absolute atomic E-state index is 8.89. The van der Waals surface area contributed by atoms with Crippen molar-refractivity contribution in [1.82, 2.24) is 5.32 Å². The summed E-state index contributed by atoms with van der Waals surface area (Å²) in [5, 5.41) is 12.3. The molecule has 3 heteroatoms. The number of aliphatic hydroxyl groups is 1. The molecule has 0 fully saturated rings. The minimum Gasteiger partial charge on any atom is -0.396 e. The van der Waals surface area contributed by atoms with Crippen LogP contribution in [0.25, 0.3) is 0 Å². The Labute approximate surface area is 81.7 Å². The molecule has 1 atom stereocenters. The van der Waals surface area contributed by atoms with Gasteiger partial charge < -0.3 is 16.2 Å².